The highest BCUT2D eigenvalue weighted by Gasteiger charge is 2.21. The van der Waals surface area contributed by atoms with Gasteiger partial charge < -0.3 is 5.32 Å². The fourth-order valence-electron chi connectivity index (χ4n) is 3.67. The standard InChI is InChI=1S/C21H19F4N3/c22-15-2-1-13(11-18(15)25)12-28-9-6-14(7-10-28)27-19-5-8-26-21-17(24)4-3-16(23)20(19)21/h1-5,8,11,14H,6-7,9-10,12H2,(H,26,27). The van der Waals surface area contributed by atoms with Crippen LogP contribution in [0, 0.1) is 23.3 Å². The average Bonchev–Trinajstić information content (AvgIpc) is 2.69. The second-order valence-electron chi connectivity index (χ2n) is 7.05. The third kappa shape index (κ3) is 3.80. The first-order valence-electron chi connectivity index (χ1n) is 9.17. The van der Waals surface area contributed by atoms with Crippen molar-refractivity contribution in [3.05, 3.63) is 71.4 Å². The summed E-state index contributed by atoms with van der Waals surface area (Å²) in [6.45, 7) is 2.06. The van der Waals surface area contributed by atoms with Crippen LogP contribution in [0.25, 0.3) is 10.9 Å². The second-order valence-corrected chi connectivity index (χ2v) is 7.05. The fraction of sp³-hybridized carbons (Fsp3) is 0.286. The lowest BCUT2D eigenvalue weighted by molar-refractivity contribution is 0.211. The number of hydrogen-bond acceptors (Lipinski definition) is 3. The third-order valence-corrected chi connectivity index (χ3v) is 5.13. The molecule has 0 bridgehead atoms. The molecule has 0 spiro atoms. The number of likely N-dealkylation sites (tertiary alicyclic amines) is 1. The number of nitrogens with zero attached hydrogens (tertiary/aromatic N) is 2. The van der Waals surface area contributed by atoms with Crippen molar-refractivity contribution in [2.24, 2.45) is 0 Å². The van der Waals surface area contributed by atoms with E-state index in [1.54, 1.807) is 12.1 Å². The number of halogens is 4. The van der Waals surface area contributed by atoms with E-state index in [2.05, 4.69) is 15.2 Å². The Hall–Kier alpha value is -2.67. The number of fused-ring (bicyclic) bond motifs is 1. The Labute approximate surface area is 160 Å². The van der Waals surface area contributed by atoms with Gasteiger partial charge in [-0.05, 0) is 48.7 Å². The summed E-state index contributed by atoms with van der Waals surface area (Å²) in [5.41, 5.74) is 1.27. The van der Waals surface area contributed by atoms with Crippen LogP contribution in [-0.2, 0) is 6.54 Å². The van der Waals surface area contributed by atoms with Crippen molar-refractivity contribution in [3.63, 3.8) is 0 Å². The molecule has 1 saturated heterocycles. The lowest BCUT2D eigenvalue weighted by Gasteiger charge is -2.33. The number of rotatable bonds is 4. The zero-order chi connectivity index (χ0) is 19.7. The van der Waals surface area contributed by atoms with Gasteiger partial charge in [-0.3, -0.25) is 9.88 Å². The Kier molecular flexibility index (Phi) is 5.17. The molecule has 2 heterocycles. The molecule has 0 aliphatic carbocycles. The first kappa shape index (κ1) is 18.7. The van der Waals surface area contributed by atoms with Gasteiger partial charge in [0.05, 0.1) is 5.39 Å². The fourth-order valence-corrected chi connectivity index (χ4v) is 3.67. The molecular weight excluding hydrogens is 370 g/mol. The van der Waals surface area contributed by atoms with E-state index in [9.17, 15) is 17.6 Å². The lowest BCUT2D eigenvalue weighted by atomic mass is 10.0. The topological polar surface area (TPSA) is 28.2 Å². The van der Waals surface area contributed by atoms with Crippen molar-refractivity contribution in [2.45, 2.75) is 25.4 Å². The Morgan fingerprint density at radius 2 is 1.61 bits per heavy atom. The van der Waals surface area contributed by atoms with Gasteiger partial charge in [0.1, 0.15) is 17.2 Å². The number of anilines is 1. The predicted octanol–water partition coefficient (Wildman–Crippen LogP) is 4.87. The van der Waals surface area contributed by atoms with Crippen LogP contribution in [0.1, 0.15) is 18.4 Å². The van der Waals surface area contributed by atoms with Gasteiger partial charge in [0, 0.05) is 37.6 Å². The molecule has 0 atom stereocenters. The zero-order valence-corrected chi connectivity index (χ0v) is 15.1. The van der Waals surface area contributed by atoms with Crippen LogP contribution < -0.4 is 5.32 Å². The minimum absolute atomic E-state index is 0.0146. The van der Waals surface area contributed by atoms with Crippen molar-refractivity contribution in [3.8, 4) is 0 Å². The normalized spacial score (nSPS) is 15.9. The minimum atomic E-state index is -0.847. The van der Waals surface area contributed by atoms with E-state index < -0.39 is 23.3 Å². The van der Waals surface area contributed by atoms with Gasteiger partial charge in [0.15, 0.2) is 11.6 Å². The highest BCUT2D eigenvalue weighted by molar-refractivity contribution is 5.92. The number of pyridine rings is 1. The zero-order valence-electron chi connectivity index (χ0n) is 15.1. The molecule has 146 valence electrons. The van der Waals surface area contributed by atoms with Crippen LogP contribution in [0.15, 0.2) is 42.6 Å². The molecule has 4 rings (SSSR count). The summed E-state index contributed by atoms with van der Waals surface area (Å²) in [6, 6.07) is 7.89. The van der Waals surface area contributed by atoms with Gasteiger partial charge in [-0.15, -0.1) is 0 Å². The Balaban J connectivity index is 1.42. The molecule has 0 unspecified atom stereocenters. The van der Waals surface area contributed by atoms with Gasteiger partial charge in [0.2, 0.25) is 0 Å². The van der Waals surface area contributed by atoms with Crippen LogP contribution in [0.3, 0.4) is 0 Å². The van der Waals surface area contributed by atoms with Crippen LogP contribution in [0.5, 0.6) is 0 Å². The molecule has 3 aromatic rings. The number of hydrogen-bond donors (Lipinski definition) is 1. The van der Waals surface area contributed by atoms with Crippen LogP contribution in [-0.4, -0.2) is 29.0 Å². The molecule has 1 aromatic heterocycles. The highest BCUT2D eigenvalue weighted by Crippen LogP contribution is 2.28. The lowest BCUT2D eigenvalue weighted by Crippen LogP contribution is -2.38. The Bertz CT molecular complexity index is 1000. The predicted molar refractivity (Wildman–Crippen MR) is 99.9 cm³/mol. The highest BCUT2D eigenvalue weighted by atomic mass is 19.2. The largest absolute Gasteiger partial charge is 0.382 e. The summed E-state index contributed by atoms with van der Waals surface area (Å²) in [7, 11) is 0. The third-order valence-electron chi connectivity index (χ3n) is 5.13. The molecule has 2 aromatic carbocycles. The van der Waals surface area contributed by atoms with Crippen LogP contribution in [0.2, 0.25) is 0 Å². The Morgan fingerprint density at radius 3 is 2.36 bits per heavy atom. The van der Waals surface area contributed by atoms with E-state index in [1.165, 1.54) is 12.3 Å². The molecule has 3 nitrogen and oxygen atoms in total. The maximum Gasteiger partial charge on any atom is 0.159 e. The summed E-state index contributed by atoms with van der Waals surface area (Å²) >= 11 is 0. The molecule has 1 fully saturated rings. The maximum atomic E-state index is 14.2. The van der Waals surface area contributed by atoms with E-state index >= 15 is 0 Å². The number of aromatic nitrogens is 1. The molecule has 7 heteroatoms. The van der Waals surface area contributed by atoms with E-state index in [4.69, 9.17) is 0 Å². The second kappa shape index (κ2) is 7.75. The van der Waals surface area contributed by atoms with Crippen molar-refractivity contribution >= 4 is 16.6 Å². The summed E-state index contributed by atoms with van der Waals surface area (Å²) < 4.78 is 54.6. The van der Waals surface area contributed by atoms with Gasteiger partial charge in [0.25, 0.3) is 0 Å². The summed E-state index contributed by atoms with van der Waals surface area (Å²) in [4.78, 5) is 6.11. The number of piperidine rings is 1. The van der Waals surface area contributed by atoms with Crippen molar-refractivity contribution in [1.82, 2.24) is 9.88 Å². The van der Waals surface area contributed by atoms with Gasteiger partial charge in [-0.25, -0.2) is 17.6 Å². The van der Waals surface area contributed by atoms with E-state index in [0.29, 0.717) is 12.2 Å². The SMILES string of the molecule is Fc1ccc(CN2CCC(Nc3ccnc4c(F)ccc(F)c34)CC2)cc1F. The van der Waals surface area contributed by atoms with E-state index in [-0.39, 0.29) is 16.9 Å². The van der Waals surface area contributed by atoms with Gasteiger partial charge in [-0.2, -0.15) is 0 Å². The van der Waals surface area contributed by atoms with Gasteiger partial charge >= 0.3 is 0 Å². The summed E-state index contributed by atoms with van der Waals surface area (Å²) in [5, 5.41) is 3.47. The maximum absolute atomic E-state index is 14.2. The van der Waals surface area contributed by atoms with Crippen molar-refractivity contribution < 1.29 is 17.6 Å². The molecule has 0 saturated carbocycles. The number of nitrogens with one attached hydrogen (secondary N) is 1. The molecule has 0 radical (unpaired) electrons. The van der Waals surface area contributed by atoms with Crippen LogP contribution in [0.4, 0.5) is 23.2 Å². The van der Waals surface area contributed by atoms with Gasteiger partial charge in [-0.1, -0.05) is 6.07 Å². The molecule has 1 aliphatic heterocycles. The van der Waals surface area contributed by atoms with Crippen LogP contribution >= 0.6 is 0 Å². The monoisotopic (exact) mass is 389 g/mol. The van der Waals surface area contributed by atoms with E-state index in [0.717, 1.165) is 49.7 Å². The smallest absolute Gasteiger partial charge is 0.159 e. The summed E-state index contributed by atoms with van der Waals surface area (Å²) in [6.07, 6.45) is 3.06. The molecular formula is C21H19F4N3. The van der Waals surface area contributed by atoms with Crippen molar-refractivity contribution in [1.29, 1.82) is 0 Å². The first-order valence-corrected chi connectivity index (χ1v) is 9.17. The average molecular weight is 389 g/mol. The van der Waals surface area contributed by atoms with E-state index in [1.807, 2.05) is 0 Å². The molecule has 28 heavy (non-hydrogen) atoms. The van der Waals surface area contributed by atoms with Crippen molar-refractivity contribution in [2.75, 3.05) is 18.4 Å². The quantitative estimate of drug-likeness (QED) is 0.646. The number of benzene rings is 2. The molecule has 1 N–H and O–H groups in total. The first-order chi connectivity index (χ1) is 13.5. The Morgan fingerprint density at radius 1 is 0.893 bits per heavy atom. The molecule has 1 aliphatic rings. The minimum Gasteiger partial charge on any atom is -0.382 e. The summed E-state index contributed by atoms with van der Waals surface area (Å²) in [5.74, 6) is -2.75. The molecule has 0 amide bonds.